The number of aliphatic hydroxyl groups excluding tert-OH is 1. The number of nitrogens with zero attached hydrogens (tertiary/aromatic N) is 1. The predicted molar refractivity (Wildman–Crippen MR) is 91.7 cm³/mol. The van der Waals surface area contributed by atoms with E-state index in [-0.39, 0.29) is 0 Å². The minimum atomic E-state index is -0.520. The van der Waals surface area contributed by atoms with Crippen LogP contribution in [0.3, 0.4) is 0 Å². The van der Waals surface area contributed by atoms with Crippen molar-refractivity contribution in [2.75, 3.05) is 26.2 Å². The minimum Gasteiger partial charge on any atom is -0.493 e. The lowest BCUT2D eigenvalue weighted by Gasteiger charge is -2.22. The highest BCUT2D eigenvalue weighted by Crippen LogP contribution is 2.30. The first-order valence-corrected chi connectivity index (χ1v) is 8.91. The highest BCUT2D eigenvalue weighted by Gasteiger charge is 2.17. The second-order valence-corrected chi connectivity index (χ2v) is 6.53. The first-order valence-electron chi connectivity index (χ1n) is 8.53. The van der Waals surface area contributed by atoms with Crippen LogP contribution < -0.4 is 4.74 Å². The molecule has 1 aliphatic heterocycles. The Kier molecular flexibility index (Phi) is 7.50. The maximum Gasteiger partial charge on any atom is 0.125 e. The molecule has 1 fully saturated rings. The molecule has 1 heterocycles. The van der Waals surface area contributed by atoms with Gasteiger partial charge in [-0.1, -0.05) is 31.4 Å². The molecule has 1 aromatic carbocycles. The summed E-state index contributed by atoms with van der Waals surface area (Å²) in [6.45, 7) is 5.97. The summed E-state index contributed by atoms with van der Waals surface area (Å²) in [6, 6.07) is 5.51. The first-order chi connectivity index (χ1) is 10.7. The molecule has 2 rings (SSSR count). The Balaban J connectivity index is 1.95. The third kappa shape index (κ3) is 5.45. The number of likely N-dealkylation sites (tertiary alicyclic amines) is 1. The highest BCUT2D eigenvalue weighted by molar-refractivity contribution is 6.30. The molecule has 1 aromatic rings. The van der Waals surface area contributed by atoms with Gasteiger partial charge < -0.3 is 14.7 Å². The average molecular weight is 326 g/mol. The van der Waals surface area contributed by atoms with Crippen molar-refractivity contribution in [1.82, 2.24) is 4.90 Å². The molecule has 1 unspecified atom stereocenters. The number of aliphatic hydroxyl groups is 1. The SMILES string of the molecule is CCCOc1ccc(Cl)cc1C(O)CCN1CCCCCC1. The summed E-state index contributed by atoms with van der Waals surface area (Å²) in [7, 11) is 0. The van der Waals surface area contributed by atoms with Gasteiger partial charge in [-0.25, -0.2) is 0 Å². The van der Waals surface area contributed by atoms with Crippen molar-refractivity contribution in [3.05, 3.63) is 28.8 Å². The molecule has 0 amide bonds. The third-order valence-electron chi connectivity index (χ3n) is 4.21. The molecule has 22 heavy (non-hydrogen) atoms. The monoisotopic (exact) mass is 325 g/mol. The number of ether oxygens (including phenoxy) is 1. The van der Waals surface area contributed by atoms with Crippen LogP contribution in [-0.4, -0.2) is 36.2 Å². The van der Waals surface area contributed by atoms with Crippen LogP contribution in [0.1, 0.15) is 57.1 Å². The van der Waals surface area contributed by atoms with E-state index < -0.39 is 6.10 Å². The fraction of sp³-hybridized carbons (Fsp3) is 0.667. The number of hydrogen-bond donors (Lipinski definition) is 1. The quantitative estimate of drug-likeness (QED) is 0.805. The summed E-state index contributed by atoms with van der Waals surface area (Å²) >= 11 is 6.09. The van der Waals surface area contributed by atoms with E-state index in [1.54, 1.807) is 0 Å². The maximum atomic E-state index is 10.6. The maximum absolute atomic E-state index is 10.6. The van der Waals surface area contributed by atoms with Gasteiger partial charge in [0, 0.05) is 17.1 Å². The Morgan fingerprint density at radius 1 is 1.23 bits per heavy atom. The minimum absolute atomic E-state index is 0.520. The van der Waals surface area contributed by atoms with Crippen LogP contribution in [0.25, 0.3) is 0 Å². The molecule has 0 bridgehead atoms. The molecule has 0 saturated carbocycles. The average Bonchev–Trinajstić information content (AvgIpc) is 2.80. The molecule has 0 radical (unpaired) electrons. The van der Waals surface area contributed by atoms with E-state index in [9.17, 15) is 5.11 Å². The van der Waals surface area contributed by atoms with Crippen LogP contribution in [0.5, 0.6) is 5.75 Å². The van der Waals surface area contributed by atoms with Crippen molar-refractivity contribution >= 4 is 11.6 Å². The van der Waals surface area contributed by atoms with Gasteiger partial charge >= 0.3 is 0 Å². The highest BCUT2D eigenvalue weighted by atomic mass is 35.5. The van der Waals surface area contributed by atoms with Crippen molar-refractivity contribution in [3.63, 3.8) is 0 Å². The van der Waals surface area contributed by atoms with Gasteiger partial charge in [0.2, 0.25) is 0 Å². The zero-order valence-electron chi connectivity index (χ0n) is 13.6. The molecular formula is C18H28ClNO2. The van der Waals surface area contributed by atoms with Gasteiger partial charge in [-0.05, 0) is 57.0 Å². The van der Waals surface area contributed by atoms with Gasteiger partial charge in [-0.3, -0.25) is 0 Å². The zero-order valence-corrected chi connectivity index (χ0v) is 14.3. The predicted octanol–water partition coefficient (Wildman–Crippen LogP) is 4.43. The molecule has 124 valence electrons. The smallest absolute Gasteiger partial charge is 0.125 e. The van der Waals surface area contributed by atoms with E-state index >= 15 is 0 Å². The number of benzene rings is 1. The second-order valence-electron chi connectivity index (χ2n) is 6.09. The molecule has 4 heteroatoms. The lowest BCUT2D eigenvalue weighted by Crippen LogP contribution is -2.27. The third-order valence-corrected chi connectivity index (χ3v) is 4.45. The lowest BCUT2D eigenvalue weighted by atomic mass is 10.0. The van der Waals surface area contributed by atoms with Crippen LogP contribution in [0.15, 0.2) is 18.2 Å². The summed E-state index contributed by atoms with van der Waals surface area (Å²) in [5, 5.41) is 11.2. The van der Waals surface area contributed by atoms with Crippen LogP contribution >= 0.6 is 11.6 Å². The Hall–Kier alpha value is -0.770. The van der Waals surface area contributed by atoms with Crippen LogP contribution in [0.4, 0.5) is 0 Å². The molecule has 0 spiro atoms. The molecule has 1 aliphatic rings. The van der Waals surface area contributed by atoms with E-state index in [1.807, 2.05) is 18.2 Å². The van der Waals surface area contributed by atoms with E-state index in [2.05, 4.69) is 11.8 Å². The molecule has 1 saturated heterocycles. The fourth-order valence-corrected chi connectivity index (χ4v) is 3.12. The molecular weight excluding hydrogens is 298 g/mol. The molecule has 3 nitrogen and oxygen atoms in total. The summed E-state index contributed by atoms with van der Waals surface area (Å²) in [6.07, 6.45) is 6.38. The van der Waals surface area contributed by atoms with E-state index in [1.165, 1.54) is 25.7 Å². The molecule has 1 N–H and O–H groups in total. The van der Waals surface area contributed by atoms with Gasteiger partial charge in [0.05, 0.1) is 12.7 Å². The zero-order chi connectivity index (χ0) is 15.8. The molecule has 0 aliphatic carbocycles. The van der Waals surface area contributed by atoms with Gasteiger partial charge in [0.15, 0.2) is 0 Å². The Morgan fingerprint density at radius 2 is 1.95 bits per heavy atom. The normalized spacial score (nSPS) is 18.0. The lowest BCUT2D eigenvalue weighted by molar-refractivity contribution is 0.138. The first kappa shape index (κ1) is 17.6. The Morgan fingerprint density at radius 3 is 2.64 bits per heavy atom. The Labute approximate surface area is 139 Å². The largest absolute Gasteiger partial charge is 0.493 e. The van der Waals surface area contributed by atoms with Crippen LogP contribution in [-0.2, 0) is 0 Å². The van der Waals surface area contributed by atoms with Crippen LogP contribution in [0.2, 0.25) is 5.02 Å². The molecule has 0 aromatic heterocycles. The van der Waals surface area contributed by atoms with Crippen molar-refractivity contribution < 1.29 is 9.84 Å². The summed E-state index contributed by atoms with van der Waals surface area (Å²) in [5.74, 6) is 0.759. The van der Waals surface area contributed by atoms with Crippen molar-refractivity contribution in [2.45, 2.75) is 51.6 Å². The number of halogens is 1. The van der Waals surface area contributed by atoms with Crippen LogP contribution in [0, 0.1) is 0 Å². The van der Waals surface area contributed by atoms with E-state index in [0.717, 1.165) is 43.8 Å². The van der Waals surface area contributed by atoms with Crippen molar-refractivity contribution in [1.29, 1.82) is 0 Å². The topological polar surface area (TPSA) is 32.7 Å². The van der Waals surface area contributed by atoms with E-state index in [0.29, 0.717) is 11.6 Å². The van der Waals surface area contributed by atoms with Crippen molar-refractivity contribution in [2.24, 2.45) is 0 Å². The van der Waals surface area contributed by atoms with Gasteiger partial charge in [-0.2, -0.15) is 0 Å². The van der Waals surface area contributed by atoms with Crippen molar-refractivity contribution in [3.8, 4) is 5.75 Å². The van der Waals surface area contributed by atoms with Gasteiger partial charge in [0.25, 0.3) is 0 Å². The number of hydrogen-bond acceptors (Lipinski definition) is 3. The number of rotatable bonds is 7. The Bertz CT molecular complexity index is 445. The summed E-state index contributed by atoms with van der Waals surface area (Å²) in [4.78, 5) is 2.47. The van der Waals surface area contributed by atoms with Gasteiger partial charge in [-0.15, -0.1) is 0 Å². The summed E-state index contributed by atoms with van der Waals surface area (Å²) < 4.78 is 5.74. The van der Waals surface area contributed by atoms with Gasteiger partial charge in [0.1, 0.15) is 5.75 Å². The fourth-order valence-electron chi connectivity index (χ4n) is 2.94. The molecule has 1 atom stereocenters. The second kappa shape index (κ2) is 9.39. The van der Waals surface area contributed by atoms with E-state index in [4.69, 9.17) is 16.3 Å². The summed E-state index contributed by atoms with van der Waals surface area (Å²) in [5.41, 5.74) is 0.816. The standard InChI is InChI=1S/C18H28ClNO2/c1-2-13-22-18-8-7-15(19)14-16(18)17(21)9-12-20-10-5-3-4-6-11-20/h7-8,14,17,21H,2-6,9-13H2,1H3.